The van der Waals surface area contributed by atoms with Gasteiger partial charge in [-0.1, -0.05) is 24.3 Å². The van der Waals surface area contributed by atoms with Crippen LogP contribution in [0.1, 0.15) is 22.3 Å². The van der Waals surface area contributed by atoms with Gasteiger partial charge in [0, 0.05) is 18.8 Å². The van der Waals surface area contributed by atoms with Crippen LogP contribution in [-0.4, -0.2) is 28.0 Å². The van der Waals surface area contributed by atoms with Gasteiger partial charge in [0.15, 0.2) is 5.69 Å². The molecule has 0 fully saturated rings. The van der Waals surface area contributed by atoms with Gasteiger partial charge < -0.3 is 24.1 Å². The average molecular weight is 485 g/mol. The number of pyridine rings is 1. The van der Waals surface area contributed by atoms with Gasteiger partial charge >= 0.3 is 35.3 Å². The van der Waals surface area contributed by atoms with E-state index in [9.17, 15) is 9.59 Å². The van der Waals surface area contributed by atoms with Gasteiger partial charge in [0.05, 0.1) is 6.61 Å². The summed E-state index contributed by atoms with van der Waals surface area (Å²) in [6.07, 6.45) is 1.55. The summed E-state index contributed by atoms with van der Waals surface area (Å²) in [5.74, 6) is 0.251. The van der Waals surface area contributed by atoms with Gasteiger partial charge in [-0.05, 0) is 65.4 Å². The van der Waals surface area contributed by atoms with Crippen molar-refractivity contribution >= 4 is 0 Å². The van der Waals surface area contributed by atoms with Crippen molar-refractivity contribution in [3.63, 3.8) is 0 Å². The summed E-state index contributed by atoms with van der Waals surface area (Å²) in [6, 6.07) is 15.5. The third-order valence-electron chi connectivity index (χ3n) is 5.18. The molecular weight excluding hydrogens is 461 g/mol. The van der Waals surface area contributed by atoms with Crippen LogP contribution in [0.25, 0.3) is 11.1 Å². The Bertz CT molecular complexity index is 1370. The monoisotopic (exact) mass is 485 g/mol. The standard InChI is InChI=1S/C25H25N3O6.Na/c1-16-10-21(32-9-8-29)11-17(2)23(16)20-5-3-4-18(12-20)15-33-22-7-6-19(13-26-22)14-28-24(30)27-25(31)34-28;/h3-7,10-13,29H,8-9,14-15H2,1-2H3,(H,27,30,31);/q;+1/p-1. The molecule has 0 spiro atoms. The van der Waals surface area contributed by atoms with Crippen molar-refractivity contribution in [1.82, 2.24) is 14.7 Å². The Morgan fingerprint density at radius 3 is 2.43 bits per heavy atom. The quantitative estimate of drug-likeness (QED) is 0.314. The van der Waals surface area contributed by atoms with E-state index < -0.39 is 11.4 Å². The molecule has 0 aliphatic carbocycles. The molecule has 176 valence electrons. The van der Waals surface area contributed by atoms with E-state index >= 15 is 0 Å². The number of benzene rings is 2. The van der Waals surface area contributed by atoms with Crippen LogP contribution in [0.15, 0.2) is 68.8 Å². The Morgan fingerprint density at radius 1 is 1.03 bits per heavy atom. The molecule has 1 N–H and O–H groups in total. The molecule has 2 heterocycles. The van der Waals surface area contributed by atoms with Crippen LogP contribution in [0.3, 0.4) is 0 Å². The summed E-state index contributed by atoms with van der Waals surface area (Å²) >= 11 is 0. The molecule has 0 unspecified atom stereocenters. The van der Waals surface area contributed by atoms with Crippen molar-refractivity contribution < 1.29 is 48.7 Å². The predicted molar refractivity (Wildman–Crippen MR) is 124 cm³/mol. The second-order valence-electron chi connectivity index (χ2n) is 7.79. The van der Waals surface area contributed by atoms with Crippen molar-refractivity contribution in [1.29, 1.82) is 0 Å². The number of aromatic nitrogens is 3. The van der Waals surface area contributed by atoms with E-state index in [2.05, 4.69) is 22.1 Å². The maximum absolute atomic E-state index is 11.5. The first-order chi connectivity index (χ1) is 16.4. The van der Waals surface area contributed by atoms with Crippen LogP contribution in [0, 0.1) is 13.8 Å². The molecule has 0 amide bonds. The first-order valence-electron chi connectivity index (χ1n) is 10.7. The van der Waals surface area contributed by atoms with E-state index in [1.54, 1.807) is 18.3 Å². The van der Waals surface area contributed by atoms with E-state index in [4.69, 9.17) is 19.1 Å². The van der Waals surface area contributed by atoms with E-state index in [0.717, 1.165) is 38.3 Å². The fraction of sp³-hybridized carbons (Fsp3) is 0.240. The summed E-state index contributed by atoms with van der Waals surface area (Å²) in [7, 11) is 0. The molecule has 0 saturated heterocycles. The number of hydrogen-bond donors (Lipinski definition) is 1. The second-order valence-corrected chi connectivity index (χ2v) is 7.79. The number of rotatable bonds is 9. The van der Waals surface area contributed by atoms with Crippen molar-refractivity contribution in [2.75, 3.05) is 13.2 Å². The zero-order chi connectivity index (χ0) is 24.1. The van der Waals surface area contributed by atoms with Gasteiger partial charge in [0.2, 0.25) is 5.88 Å². The first kappa shape index (κ1) is 26.5. The molecule has 2 aromatic heterocycles. The molecule has 2 aromatic carbocycles. The Hall–Kier alpha value is -3.11. The van der Waals surface area contributed by atoms with E-state index in [1.807, 2.05) is 38.1 Å². The predicted octanol–water partition coefficient (Wildman–Crippen LogP) is -0.560. The van der Waals surface area contributed by atoms with Crippen LogP contribution in [0.2, 0.25) is 0 Å². The largest absolute Gasteiger partial charge is 1.00 e. The summed E-state index contributed by atoms with van der Waals surface area (Å²) in [4.78, 5) is 30.0. The molecule has 35 heavy (non-hydrogen) atoms. The smallest absolute Gasteiger partial charge is 0.491 e. The van der Waals surface area contributed by atoms with Crippen LogP contribution in [0.4, 0.5) is 0 Å². The van der Waals surface area contributed by atoms with Crippen LogP contribution in [-0.2, 0) is 13.2 Å². The van der Waals surface area contributed by atoms with Gasteiger partial charge in [0.25, 0.3) is 0 Å². The molecule has 4 aromatic rings. The van der Waals surface area contributed by atoms with E-state index in [0.29, 0.717) is 18.1 Å². The molecule has 0 aliphatic heterocycles. The Morgan fingerprint density at radius 2 is 1.80 bits per heavy atom. The maximum atomic E-state index is 11.5. The Labute approximate surface area is 223 Å². The molecule has 0 saturated carbocycles. The fourth-order valence-corrected chi connectivity index (χ4v) is 3.74. The number of nitrogens with zero attached hydrogens (tertiary/aromatic N) is 3. The fourth-order valence-electron chi connectivity index (χ4n) is 3.74. The maximum Gasteiger partial charge on any atom is 1.00 e. The third kappa shape index (κ3) is 6.73. The summed E-state index contributed by atoms with van der Waals surface area (Å²) in [6.45, 7) is 4.70. The molecule has 10 heteroatoms. The number of hydrogen-bond acceptors (Lipinski definition) is 7. The minimum atomic E-state index is -0.920. The number of aryl methyl sites for hydroxylation is 2. The van der Waals surface area contributed by atoms with Crippen LogP contribution >= 0.6 is 0 Å². The van der Waals surface area contributed by atoms with Crippen LogP contribution in [0.5, 0.6) is 11.6 Å². The summed E-state index contributed by atoms with van der Waals surface area (Å²) in [5.41, 5.74) is 5.29. The van der Waals surface area contributed by atoms with E-state index in [1.165, 1.54) is 0 Å². The van der Waals surface area contributed by atoms with E-state index in [-0.39, 0.29) is 49.3 Å². The van der Waals surface area contributed by atoms with Crippen molar-refractivity contribution in [3.05, 3.63) is 98.0 Å². The minimum absolute atomic E-state index is 0. The summed E-state index contributed by atoms with van der Waals surface area (Å²) < 4.78 is 17.0. The normalized spacial score (nSPS) is 10.6. The van der Waals surface area contributed by atoms with Gasteiger partial charge in [0.1, 0.15) is 19.0 Å². The molecule has 9 nitrogen and oxygen atoms in total. The van der Waals surface area contributed by atoms with Crippen molar-refractivity contribution in [3.8, 4) is 22.8 Å². The molecule has 0 aliphatic rings. The second kappa shape index (κ2) is 12.0. The SMILES string of the molecule is Cc1cc(OCCO)cc(C)c1-c1cccc(COc2ccc(Cn3oc(=O)[n-]c3=O)cn2)c1.[Na+]. The Balaban J connectivity index is 0.00000342. The number of aliphatic hydroxyl groups excluding tert-OH is 1. The number of aliphatic hydroxyl groups is 1. The summed E-state index contributed by atoms with van der Waals surface area (Å²) in [5, 5.41) is 8.98. The average Bonchev–Trinajstić information content (AvgIpc) is 3.13. The van der Waals surface area contributed by atoms with Gasteiger partial charge in [-0.2, -0.15) is 0 Å². The van der Waals surface area contributed by atoms with Crippen molar-refractivity contribution in [2.45, 2.75) is 27.0 Å². The molecule has 0 atom stereocenters. The molecular formula is C25H24N3NaO6. The minimum Gasteiger partial charge on any atom is -0.491 e. The molecule has 0 radical (unpaired) electrons. The third-order valence-corrected chi connectivity index (χ3v) is 5.18. The number of ether oxygens (including phenoxy) is 2. The molecule has 4 rings (SSSR count). The zero-order valence-corrected chi connectivity index (χ0v) is 21.9. The van der Waals surface area contributed by atoms with Gasteiger partial charge in [-0.15, -0.1) is 0 Å². The zero-order valence-electron chi connectivity index (χ0n) is 19.9. The van der Waals surface area contributed by atoms with Crippen LogP contribution < -0.4 is 55.5 Å². The van der Waals surface area contributed by atoms with Gasteiger partial charge in [-0.3, -0.25) is 9.53 Å². The Kier molecular flexibility index (Phi) is 9.11. The first-order valence-corrected chi connectivity index (χ1v) is 10.7. The van der Waals surface area contributed by atoms with Gasteiger partial charge in [-0.25, -0.2) is 9.78 Å². The van der Waals surface area contributed by atoms with Crippen molar-refractivity contribution in [2.24, 2.45) is 0 Å². The topological polar surface area (TPSA) is 118 Å². The molecule has 0 bridgehead atoms.